The molecule has 7 N–H and O–H groups in total. The summed E-state index contributed by atoms with van der Waals surface area (Å²) in [6, 6.07) is 28.6. The number of amides is 1. The van der Waals surface area contributed by atoms with E-state index in [1.807, 2.05) is 36.7 Å². The van der Waals surface area contributed by atoms with Gasteiger partial charge in [-0.2, -0.15) is 0 Å². The Morgan fingerprint density at radius 2 is 1.71 bits per heavy atom. The first-order valence-corrected chi connectivity index (χ1v) is 18.4. The van der Waals surface area contributed by atoms with Gasteiger partial charge in [0.2, 0.25) is 5.56 Å². The number of anilines is 1. The van der Waals surface area contributed by atoms with Crippen LogP contribution in [0.3, 0.4) is 0 Å². The van der Waals surface area contributed by atoms with E-state index in [-0.39, 0.29) is 54.8 Å². The number of carbonyl (C=O) groups is 1. The second kappa shape index (κ2) is 18.6. The Labute approximate surface area is 332 Å². The molecular weight excluding hydrogens is 739 g/mol. The SMILES string of the molecule is Cl.Cl.NC1CCC(N(C(=O)O)c2cc(CCCCn3cnc4cc(CNC[C@H](O)c5ccc(O)c6[nH]c(=O)ccc56)ccc43)ccc2-c2ccccc2)CC1. The van der Waals surface area contributed by atoms with Gasteiger partial charge in [-0.1, -0.05) is 54.6 Å². The van der Waals surface area contributed by atoms with Gasteiger partial charge in [0.25, 0.3) is 0 Å². The maximum absolute atomic E-state index is 12.7. The Kier molecular flexibility index (Phi) is 14.0. The molecule has 0 bridgehead atoms. The van der Waals surface area contributed by atoms with Crippen LogP contribution in [0.1, 0.15) is 61.3 Å². The molecule has 2 aromatic heterocycles. The summed E-state index contributed by atoms with van der Waals surface area (Å²) in [6.45, 7) is 1.63. The molecule has 0 saturated heterocycles. The van der Waals surface area contributed by atoms with Crippen LogP contribution in [0.25, 0.3) is 33.1 Å². The molecule has 4 aromatic carbocycles. The number of hydrogen-bond acceptors (Lipinski definition) is 7. The molecule has 11 nitrogen and oxygen atoms in total. The van der Waals surface area contributed by atoms with Crippen molar-refractivity contribution in [2.75, 3.05) is 11.4 Å². The first-order valence-electron chi connectivity index (χ1n) is 18.4. The molecule has 1 aliphatic carbocycles. The van der Waals surface area contributed by atoms with Crippen LogP contribution in [0.2, 0.25) is 0 Å². The Balaban J connectivity index is 0.00000290. The van der Waals surface area contributed by atoms with Crippen LogP contribution >= 0.6 is 24.8 Å². The lowest BCUT2D eigenvalue weighted by molar-refractivity contribution is 0.176. The molecule has 1 fully saturated rings. The Bertz CT molecular complexity index is 2270. The summed E-state index contributed by atoms with van der Waals surface area (Å²) in [5.41, 5.74) is 13.5. The third kappa shape index (κ3) is 9.49. The highest BCUT2D eigenvalue weighted by atomic mass is 35.5. The van der Waals surface area contributed by atoms with E-state index >= 15 is 0 Å². The number of nitrogens with zero attached hydrogens (tertiary/aromatic N) is 3. The fourth-order valence-electron chi connectivity index (χ4n) is 7.63. The van der Waals surface area contributed by atoms with Crippen LogP contribution in [0.5, 0.6) is 5.75 Å². The van der Waals surface area contributed by atoms with Crippen molar-refractivity contribution in [1.29, 1.82) is 0 Å². The number of nitrogens with one attached hydrogen (secondary N) is 2. The van der Waals surface area contributed by atoms with E-state index in [4.69, 9.17) is 5.73 Å². The van der Waals surface area contributed by atoms with Crippen molar-refractivity contribution in [3.63, 3.8) is 0 Å². The predicted octanol–water partition coefficient (Wildman–Crippen LogP) is 7.69. The van der Waals surface area contributed by atoms with Crippen LogP contribution in [0.4, 0.5) is 10.5 Å². The average Bonchev–Trinajstić information content (AvgIpc) is 3.57. The number of aromatic amines is 1. The molecule has 2 heterocycles. The maximum atomic E-state index is 12.7. The molecule has 1 aliphatic rings. The van der Waals surface area contributed by atoms with Crippen molar-refractivity contribution in [3.05, 3.63) is 124 Å². The van der Waals surface area contributed by atoms with E-state index < -0.39 is 12.2 Å². The van der Waals surface area contributed by atoms with Gasteiger partial charge in [0.05, 0.1) is 34.7 Å². The molecule has 13 heteroatoms. The number of H-pyrrole nitrogens is 1. The molecule has 55 heavy (non-hydrogen) atoms. The monoisotopic (exact) mass is 786 g/mol. The maximum Gasteiger partial charge on any atom is 0.412 e. The fourth-order valence-corrected chi connectivity index (χ4v) is 7.63. The van der Waals surface area contributed by atoms with Crippen LogP contribution in [-0.4, -0.2) is 54.6 Å². The summed E-state index contributed by atoms with van der Waals surface area (Å²) in [5, 5.41) is 35.4. The van der Waals surface area contributed by atoms with E-state index in [9.17, 15) is 24.9 Å². The minimum absolute atomic E-state index is 0. The topological polar surface area (TPSA) is 170 Å². The van der Waals surface area contributed by atoms with E-state index in [1.54, 1.807) is 17.0 Å². The number of aryl methyl sites for hydroxylation is 2. The van der Waals surface area contributed by atoms with E-state index in [0.717, 1.165) is 90.5 Å². The van der Waals surface area contributed by atoms with Gasteiger partial charge >= 0.3 is 6.09 Å². The van der Waals surface area contributed by atoms with Gasteiger partial charge in [0.1, 0.15) is 5.75 Å². The minimum Gasteiger partial charge on any atom is -0.506 e. The number of benzene rings is 4. The van der Waals surface area contributed by atoms with Crippen molar-refractivity contribution >= 4 is 58.5 Å². The van der Waals surface area contributed by atoms with Crippen LogP contribution in [-0.2, 0) is 19.5 Å². The number of hydrogen-bond donors (Lipinski definition) is 6. The Morgan fingerprint density at radius 3 is 2.47 bits per heavy atom. The van der Waals surface area contributed by atoms with Crippen LogP contribution < -0.4 is 21.5 Å². The number of phenols is 1. The Morgan fingerprint density at radius 1 is 0.945 bits per heavy atom. The fraction of sp³-hybridized carbons (Fsp3) is 0.310. The molecular formula is C42H48Cl2N6O5. The molecule has 0 aliphatic heterocycles. The molecule has 290 valence electrons. The van der Waals surface area contributed by atoms with Crippen molar-refractivity contribution in [2.24, 2.45) is 5.73 Å². The van der Waals surface area contributed by atoms with Gasteiger partial charge in [-0.25, -0.2) is 9.78 Å². The number of phenolic OH excluding ortho intramolecular Hbond substituents is 1. The summed E-state index contributed by atoms with van der Waals surface area (Å²) in [6.07, 6.45) is 5.98. The number of unbranched alkanes of at least 4 members (excludes halogenated alkanes) is 1. The van der Waals surface area contributed by atoms with Crippen molar-refractivity contribution < 1.29 is 20.1 Å². The van der Waals surface area contributed by atoms with E-state index in [2.05, 4.69) is 56.3 Å². The predicted molar refractivity (Wildman–Crippen MR) is 223 cm³/mol. The number of aliphatic hydroxyl groups excluding tert-OH is 1. The lowest BCUT2D eigenvalue weighted by Gasteiger charge is -2.35. The zero-order valence-corrected chi connectivity index (χ0v) is 32.1. The second-order valence-electron chi connectivity index (χ2n) is 14.1. The average molecular weight is 788 g/mol. The highest BCUT2D eigenvalue weighted by Gasteiger charge is 2.30. The largest absolute Gasteiger partial charge is 0.506 e. The third-order valence-electron chi connectivity index (χ3n) is 10.5. The number of nitrogens with two attached hydrogens (primary N) is 1. The van der Waals surface area contributed by atoms with Crippen LogP contribution in [0.15, 0.2) is 102 Å². The quantitative estimate of drug-likeness (QED) is 0.0648. The summed E-state index contributed by atoms with van der Waals surface area (Å²) in [5.74, 6) is -0.0394. The number of aromatic hydroxyl groups is 1. The van der Waals surface area contributed by atoms with Gasteiger partial charge in [0.15, 0.2) is 0 Å². The summed E-state index contributed by atoms with van der Waals surface area (Å²) in [4.78, 5) is 33.4. The molecule has 0 spiro atoms. The molecule has 1 atom stereocenters. The summed E-state index contributed by atoms with van der Waals surface area (Å²) >= 11 is 0. The zero-order chi connectivity index (χ0) is 36.9. The second-order valence-corrected chi connectivity index (χ2v) is 14.1. The summed E-state index contributed by atoms with van der Waals surface area (Å²) in [7, 11) is 0. The number of fused-ring (bicyclic) bond motifs is 2. The van der Waals surface area contributed by atoms with Gasteiger partial charge in [0, 0.05) is 48.7 Å². The highest BCUT2D eigenvalue weighted by Crippen LogP contribution is 2.37. The zero-order valence-electron chi connectivity index (χ0n) is 30.4. The first kappa shape index (κ1) is 41.3. The smallest absolute Gasteiger partial charge is 0.412 e. The number of halogens is 2. The Hall–Kier alpha value is -4.91. The molecule has 6 aromatic rings. The van der Waals surface area contributed by atoms with E-state index in [1.165, 1.54) is 12.1 Å². The third-order valence-corrected chi connectivity index (χ3v) is 10.5. The van der Waals surface area contributed by atoms with Crippen molar-refractivity contribution in [1.82, 2.24) is 19.9 Å². The van der Waals surface area contributed by atoms with E-state index in [0.29, 0.717) is 23.0 Å². The number of rotatable bonds is 13. The normalized spacial score (nSPS) is 16.0. The van der Waals surface area contributed by atoms with Gasteiger partial charge < -0.3 is 35.9 Å². The van der Waals surface area contributed by atoms with Crippen LogP contribution in [0, 0.1) is 0 Å². The standard InChI is InChI=1S/C42H46N6O5.2ClH/c43-30-11-13-31(14-12-30)48(42(52)53)37-23-27(9-15-32(37)29-7-2-1-3-8-29)6-4-5-21-47-26-45-35-22-28(10-18-36(35)47)24-44-25-39(50)33-16-19-38(49)41-34(33)17-20-40(51)46-41;;/h1-3,7-10,15-20,22-23,26,30-31,39,44,49-50H,4-6,11-14,21,24-25,43H2,(H,46,51)(H,52,53);2*1H/t30?,31?,39-;;/m0../s1. The number of imidazole rings is 1. The molecule has 1 amide bonds. The molecule has 0 radical (unpaired) electrons. The number of aliphatic hydroxyl groups is 1. The lowest BCUT2D eigenvalue weighted by Crippen LogP contribution is -2.44. The van der Waals surface area contributed by atoms with Gasteiger partial charge in [-0.3, -0.25) is 9.69 Å². The molecule has 0 unspecified atom stereocenters. The molecule has 7 rings (SSSR count). The number of aromatic nitrogens is 3. The molecule has 1 saturated carbocycles. The number of carboxylic acid groups (broad SMARTS) is 1. The number of pyridine rings is 1. The minimum atomic E-state index is -0.925. The van der Waals surface area contributed by atoms with Gasteiger partial charge in [-0.15, -0.1) is 24.8 Å². The first-order chi connectivity index (χ1) is 25.7. The van der Waals surface area contributed by atoms with Gasteiger partial charge in [-0.05, 0) is 97.5 Å². The highest BCUT2D eigenvalue weighted by molar-refractivity contribution is 5.94. The summed E-state index contributed by atoms with van der Waals surface area (Å²) < 4.78 is 2.17. The lowest BCUT2D eigenvalue weighted by atomic mass is 9.89. The van der Waals surface area contributed by atoms with Crippen molar-refractivity contribution in [3.8, 4) is 16.9 Å². The van der Waals surface area contributed by atoms with Crippen molar-refractivity contribution in [2.45, 2.75) is 76.2 Å².